The van der Waals surface area contributed by atoms with E-state index in [4.69, 9.17) is 9.97 Å². The Balaban J connectivity index is 1.08. The molecule has 0 aliphatic heterocycles. The van der Waals surface area contributed by atoms with Gasteiger partial charge in [-0.25, -0.2) is 0 Å². The van der Waals surface area contributed by atoms with Crippen molar-refractivity contribution in [3.63, 3.8) is 0 Å². The number of hydrogen-bond acceptors (Lipinski definition) is 2. The van der Waals surface area contributed by atoms with Gasteiger partial charge in [0.05, 0.1) is 28.3 Å². The summed E-state index contributed by atoms with van der Waals surface area (Å²) in [6.45, 7) is 0. The first-order valence-corrected chi connectivity index (χ1v) is 18.8. The van der Waals surface area contributed by atoms with E-state index in [1.807, 2.05) is 24.5 Å². The van der Waals surface area contributed by atoms with E-state index in [2.05, 4.69) is 168 Å². The van der Waals surface area contributed by atoms with E-state index in [0.29, 0.717) is 0 Å². The molecule has 0 spiro atoms. The number of hydrogen-bond donors (Lipinski definition) is 0. The van der Waals surface area contributed by atoms with Gasteiger partial charge in [-0.15, -0.1) is 0 Å². The Hall–Kier alpha value is -7.36. The van der Waals surface area contributed by atoms with Crippen molar-refractivity contribution in [2.45, 2.75) is 0 Å². The molecule has 8 aromatic carbocycles. The number of benzene rings is 8. The van der Waals surface area contributed by atoms with Crippen molar-refractivity contribution in [3.05, 3.63) is 188 Å². The third-order valence-corrected chi connectivity index (χ3v) is 11.6. The average molecular weight is 698 g/mol. The second-order valence-electron chi connectivity index (χ2n) is 14.5. The lowest BCUT2D eigenvalue weighted by atomic mass is 9.82. The van der Waals surface area contributed by atoms with Gasteiger partial charge in [0.15, 0.2) is 0 Å². The molecule has 1 aliphatic rings. The highest BCUT2D eigenvalue weighted by Crippen LogP contribution is 2.58. The molecule has 11 aromatic rings. The zero-order valence-electron chi connectivity index (χ0n) is 29.7. The van der Waals surface area contributed by atoms with E-state index in [-0.39, 0.29) is 0 Å². The van der Waals surface area contributed by atoms with Crippen LogP contribution in [0.2, 0.25) is 0 Å². The highest BCUT2D eigenvalue weighted by molar-refractivity contribution is 6.29. The van der Waals surface area contributed by atoms with Crippen molar-refractivity contribution in [1.29, 1.82) is 0 Å². The smallest absolute Gasteiger partial charge is 0.0970 e. The molecular formula is C52H31N3. The number of aromatic nitrogens is 3. The first kappa shape index (κ1) is 30.1. The minimum atomic E-state index is 0.976. The second kappa shape index (κ2) is 11.6. The van der Waals surface area contributed by atoms with Crippen molar-refractivity contribution >= 4 is 54.4 Å². The molecule has 3 heterocycles. The van der Waals surface area contributed by atoms with Crippen molar-refractivity contribution in [2.24, 2.45) is 0 Å². The van der Waals surface area contributed by atoms with Crippen molar-refractivity contribution in [1.82, 2.24) is 14.5 Å². The Morgan fingerprint density at radius 1 is 0.345 bits per heavy atom. The standard InChI is InChI=1S/C52H31N3/c1-3-13-33(14-4-1)46-38-17-7-8-18-39(38)47(34-15-5-2-6-16-34)51-42-29-28-36(37-20-11-21-41(48(37)42)50(46)51)32-24-26-35(27-25-32)55-44-23-12-30-53-52(44)49-40-19-9-10-22-43(40)54-31-45(49)55/h1-31H. The summed E-state index contributed by atoms with van der Waals surface area (Å²) in [5, 5.41) is 7.38. The maximum Gasteiger partial charge on any atom is 0.0970 e. The molecular weight excluding hydrogens is 667 g/mol. The molecule has 0 saturated carbocycles. The Labute approximate surface area is 317 Å². The summed E-state index contributed by atoms with van der Waals surface area (Å²) in [5.41, 5.74) is 17.9. The predicted molar refractivity (Wildman–Crippen MR) is 230 cm³/mol. The van der Waals surface area contributed by atoms with E-state index in [0.717, 1.165) is 38.5 Å². The van der Waals surface area contributed by atoms with E-state index < -0.39 is 0 Å². The molecule has 0 bridgehead atoms. The van der Waals surface area contributed by atoms with Gasteiger partial charge < -0.3 is 4.57 Å². The van der Waals surface area contributed by atoms with Crippen LogP contribution in [0.3, 0.4) is 0 Å². The van der Waals surface area contributed by atoms with Gasteiger partial charge in [-0.2, -0.15) is 0 Å². The van der Waals surface area contributed by atoms with Crippen LogP contribution >= 0.6 is 0 Å². The summed E-state index contributed by atoms with van der Waals surface area (Å²) >= 11 is 0. The molecule has 3 aromatic heterocycles. The molecule has 55 heavy (non-hydrogen) atoms. The first-order valence-electron chi connectivity index (χ1n) is 18.8. The molecule has 0 unspecified atom stereocenters. The number of pyridine rings is 2. The molecule has 254 valence electrons. The lowest BCUT2D eigenvalue weighted by Gasteiger charge is -2.20. The van der Waals surface area contributed by atoms with Gasteiger partial charge in [0.25, 0.3) is 0 Å². The van der Waals surface area contributed by atoms with Crippen LogP contribution in [0.15, 0.2) is 188 Å². The van der Waals surface area contributed by atoms with Crippen molar-refractivity contribution in [3.8, 4) is 61.3 Å². The quantitative estimate of drug-likeness (QED) is 0.183. The predicted octanol–water partition coefficient (Wildman–Crippen LogP) is 13.7. The number of fused-ring (bicyclic) bond motifs is 9. The SMILES string of the molecule is c1ccc(-c2c3c(c(-c4ccccc4)c4ccccc24)-c2ccc(-c4ccc(-n5c6cccnc6c6c7ccccc7ncc65)cc4)c4cccc-3c24)cc1. The molecule has 0 radical (unpaired) electrons. The van der Waals surface area contributed by atoms with E-state index in [1.54, 1.807) is 0 Å². The third kappa shape index (κ3) is 4.26. The topological polar surface area (TPSA) is 30.7 Å². The zero-order valence-corrected chi connectivity index (χ0v) is 29.7. The van der Waals surface area contributed by atoms with Gasteiger partial charge >= 0.3 is 0 Å². The van der Waals surface area contributed by atoms with Crippen LogP contribution in [-0.4, -0.2) is 14.5 Å². The fourth-order valence-corrected chi connectivity index (χ4v) is 9.38. The number of rotatable bonds is 4. The molecule has 0 atom stereocenters. The highest BCUT2D eigenvalue weighted by Gasteiger charge is 2.31. The third-order valence-electron chi connectivity index (χ3n) is 11.6. The maximum absolute atomic E-state index is 4.86. The average Bonchev–Trinajstić information content (AvgIpc) is 3.78. The number of nitrogens with zero attached hydrogens (tertiary/aromatic N) is 3. The summed E-state index contributed by atoms with van der Waals surface area (Å²) in [7, 11) is 0. The minimum Gasteiger partial charge on any atom is -0.306 e. The molecule has 12 rings (SSSR count). The number of para-hydroxylation sites is 1. The maximum atomic E-state index is 4.86. The zero-order chi connectivity index (χ0) is 36.0. The van der Waals surface area contributed by atoms with Gasteiger partial charge in [0.1, 0.15) is 0 Å². The van der Waals surface area contributed by atoms with E-state index in [1.165, 1.54) is 77.2 Å². The van der Waals surface area contributed by atoms with E-state index in [9.17, 15) is 0 Å². The fourth-order valence-electron chi connectivity index (χ4n) is 9.38. The Morgan fingerprint density at radius 2 is 0.945 bits per heavy atom. The van der Waals surface area contributed by atoms with E-state index >= 15 is 0 Å². The summed E-state index contributed by atoms with van der Waals surface area (Å²) in [6, 6.07) is 63.9. The molecule has 0 N–H and O–H groups in total. The van der Waals surface area contributed by atoms with Crippen molar-refractivity contribution < 1.29 is 0 Å². The van der Waals surface area contributed by atoms with Crippen LogP contribution in [-0.2, 0) is 0 Å². The molecule has 3 heteroatoms. The lowest BCUT2D eigenvalue weighted by molar-refractivity contribution is 1.17. The normalized spacial score (nSPS) is 12.0. The minimum absolute atomic E-state index is 0.976. The Morgan fingerprint density at radius 3 is 1.65 bits per heavy atom. The largest absolute Gasteiger partial charge is 0.306 e. The van der Waals surface area contributed by atoms with Gasteiger partial charge in [0.2, 0.25) is 0 Å². The summed E-state index contributed by atoms with van der Waals surface area (Å²) in [6.07, 6.45) is 3.87. The highest BCUT2D eigenvalue weighted by atomic mass is 15.0. The lowest BCUT2D eigenvalue weighted by Crippen LogP contribution is -1.94. The summed E-state index contributed by atoms with van der Waals surface area (Å²) < 4.78 is 2.30. The first-order chi connectivity index (χ1) is 27.3. The Kier molecular flexibility index (Phi) is 6.34. The van der Waals surface area contributed by atoms with Crippen LogP contribution in [0, 0.1) is 0 Å². The summed E-state index contributed by atoms with van der Waals surface area (Å²) in [4.78, 5) is 9.71. The molecule has 1 aliphatic carbocycles. The summed E-state index contributed by atoms with van der Waals surface area (Å²) in [5.74, 6) is 0. The monoisotopic (exact) mass is 697 g/mol. The fraction of sp³-hybridized carbons (Fsp3) is 0. The van der Waals surface area contributed by atoms with Crippen LogP contribution in [0.1, 0.15) is 0 Å². The van der Waals surface area contributed by atoms with Gasteiger partial charge in [-0.1, -0.05) is 146 Å². The molecule has 0 saturated heterocycles. The van der Waals surface area contributed by atoms with Crippen LogP contribution in [0.25, 0.3) is 116 Å². The van der Waals surface area contributed by atoms with Crippen LogP contribution in [0.4, 0.5) is 0 Å². The van der Waals surface area contributed by atoms with Crippen LogP contribution < -0.4 is 0 Å². The van der Waals surface area contributed by atoms with Crippen molar-refractivity contribution in [2.75, 3.05) is 0 Å². The molecule has 0 fully saturated rings. The van der Waals surface area contributed by atoms with Crippen LogP contribution in [0.5, 0.6) is 0 Å². The van der Waals surface area contributed by atoms with Gasteiger partial charge in [-0.05, 0) is 108 Å². The molecule has 0 amide bonds. The van der Waals surface area contributed by atoms with Gasteiger partial charge in [0, 0.05) is 22.7 Å². The van der Waals surface area contributed by atoms with Gasteiger partial charge in [-0.3, -0.25) is 9.97 Å². The Bertz CT molecular complexity index is 3250. The molecule has 3 nitrogen and oxygen atoms in total. The second-order valence-corrected chi connectivity index (χ2v) is 14.5.